The van der Waals surface area contributed by atoms with Gasteiger partial charge >= 0.3 is 6.03 Å². The van der Waals surface area contributed by atoms with E-state index in [0.29, 0.717) is 6.54 Å². The van der Waals surface area contributed by atoms with Crippen LogP contribution in [0.4, 0.5) is 4.79 Å². The van der Waals surface area contributed by atoms with Gasteiger partial charge in [0, 0.05) is 37.0 Å². The van der Waals surface area contributed by atoms with E-state index >= 15 is 0 Å². The number of rotatable bonds is 4. The third-order valence-corrected chi connectivity index (χ3v) is 4.14. The molecule has 6 heteroatoms. The summed E-state index contributed by atoms with van der Waals surface area (Å²) in [7, 11) is 1.61. The van der Waals surface area contributed by atoms with Crippen molar-refractivity contribution >= 4 is 17.1 Å². The van der Waals surface area contributed by atoms with Crippen LogP contribution in [0.1, 0.15) is 19.4 Å². The normalized spacial score (nSPS) is 11.5. The number of amides is 2. The largest absolute Gasteiger partial charge is 0.341 e. The average Bonchev–Trinajstić information content (AvgIpc) is 3.03. The lowest BCUT2D eigenvalue weighted by atomic mass is 9.84. The fourth-order valence-electron chi connectivity index (χ4n) is 2.56. The van der Waals surface area contributed by atoms with Gasteiger partial charge in [-0.2, -0.15) is 0 Å². The molecule has 0 aliphatic rings. The van der Waals surface area contributed by atoms with Crippen LogP contribution >= 0.6 is 0 Å². The number of nitrogens with zero attached hydrogens (tertiary/aromatic N) is 2. The van der Waals surface area contributed by atoms with E-state index in [1.807, 2.05) is 18.2 Å². The molecule has 0 saturated heterocycles. The second-order valence-electron chi connectivity index (χ2n) is 6.37. The van der Waals surface area contributed by atoms with Crippen LogP contribution in [-0.4, -0.2) is 34.6 Å². The smallest absolute Gasteiger partial charge is 0.314 e. The Labute approximate surface area is 140 Å². The predicted octanol–water partition coefficient (Wildman–Crippen LogP) is 2.83. The van der Waals surface area contributed by atoms with E-state index in [2.05, 4.69) is 51.6 Å². The van der Waals surface area contributed by atoms with Gasteiger partial charge in [0.1, 0.15) is 5.82 Å². The molecular formula is C18H21N5O. The summed E-state index contributed by atoms with van der Waals surface area (Å²) in [5.41, 5.74) is 3.83. The van der Waals surface area contributed by atoms with E-state index in [0.717, 1.165) is 28.0 Å². The standard InChI is InChI=1S/C18H21N5O/c1-18(2,11-21-17(24)19-3)13-4-5-14-15(10-13)23-16(22-14)12-6-8-20-9-7-12/h4-10H,11H2,1-3H3,(H,22,23)(H2,19,21,24). The average molecular weight is 323 g/mol. The Kier molecular flexibility index (Phi) is 4.20. The Hall–Kier alpha value is -2.89. The lowest BCUT2D eigenvalue weighted by Gasteiger charge is -2.25. The van der Waals surface area contributed by atoms with Crippen molar-refractivity contribution in [2.45, 2.75) is 19.3 Å². The molecule has 0 aliphatic carbocycles. The van der Waals surface area contributed by atoms with Crippen molar-refractivity contribution in [1.29, 1.82) is 0 Å². The highest BCUT2D eigenvalue weighted by molar-refractivity contribution is 5.80. The molecule has 0 saturated carbocycles. The maximum Gasteiger partial charge on any atom is 0.314 e. The molecule has 24 heavy (non-hydrogen) atoms. The molecule has 3 N–H and O–H groups in total. The van der Waals surface area contributed by atoms with Crippen LogP contribution in [0.15, 0.2) is 42.7 Å². The summed E-state index contributed by atoms with van der Waals surface area (Å²) in [5, 5.41) is 5.43. The first kappa shape index (κ1) is 16.0. The number of nitrogens with one attached hydrogen (secondary N) is 3. The predicted molar refractivity (Wildman–Crippen MR) is 94.8 cm³/mol. The second-order valence-corrected chi connectivity index (χ2v) is 6.37. The van der Waals surface area contributed by atoms with Crippen LogP contribution in [0.2, 0.25) is 0 Å². The van der Waals surface area contributed by atoms with Crippen molar-refractivity contribution in [2.24, 2.45) is 0 Å². The van der Waals surface area contributed by atoms with Crippen LogP contribution in [-0.2, 0) is 5.41 Å². The lowest BCUT2D eigenvalue weighted by Crippen LogP contribution is -2.40. The maximum absolute atomic E-state index is 11.4. The molecule has 0 aliphatic heterocycles. The molecule has 2 aromatic heterocycles. The van der Waals surface area contributed by atoms with Crippen molar-refractivity contribution < 1.29 is 4.79 Å². The zero-order valence-electron chi connectivity index (χ0n) is 14.1. The van der Waals surface area contributed by atoms with Gasteiger partial charge in [-0.05, 0) is 29.8 Å². The van der Waals surface area contributed by atoms with Crippen molar-refractivity contribution in [3.05, 3.63) is 48.3 Å². The Morgan fingerprint density at radius 2 is 1.96 bits per heavy atom. The minimum atomic E-state index is -0.198. The Bertz CT molecular complexity index is 854. The van der Waals surface area contributed by atoms with Crippen molar-refractivity contribution in [2.75, 3.05) is 13.6 Å². The van der Waals surface area contributed by atoms with Gasteiger partial charge in [-0.3, -0.25) is 4.98 Å². The Balaban J connectivity index is 1.89. The van der Waals surface area contributed by atoms with E-state index < -0.39 is 0 Å². The fourth-order valence-corrected chi connectivity index (χ4v) is 2.56. The van der Waals surface area contributed by atoms with Gasteiger partial charge in [0.2, 0.25) is 0 Å². The number of carbonyl (C=O) groups is 1. The topological polar surface area (TPSA) is 82.7 Å². The third-order valence-electron chi connectivity index (χ3n) is 4.14. The summed E-state index contributed by atoms with van der Waals surface area (Å²) in [5.74, 6) is 0.825. The maximum atomic E-state index is 11.4. The quantitative estimate of drug-likeness (QED) is 0.690. The fraction of sp³-hybridized carbons (Fsp3) is 0.278. The number of imidazole rings is 1. The number of benzene rings is 1. The zero-order chi connectivity index (χ0) is 17.2. The molecule has 2 heterocycles. The first-order valence-electron chi connectivity index (χ1n) is 7.86. The van der Waals surface area contributed by atoms with Crippen LogP contribution < -0.4 is 10.6 Å². The van der Waals surface area contributed by atoms with E-state index in [1.54, 1.807) is 19.4 Å². The Morgan fingerprint density at radius 3 is 2.67 bits per heavy atom. The molecule has 0 bridgehead atoms. The Morgan fingerprint density at radius 1 is 1.21 bits per heavy atom. The molecule has 1 aromatic carbocycles. The number of hydrogen-bond donors (Lipinski definition) is 3. The van der Waals surface area contributed by atoms with E-state index in [-0.39, 0.29) is 11.4 Å². The van der Waals surface area contributed by atoms with Gasteiger partial charge in [-0.25, -0.2) is 9.78 Å². The molecule has 3 rings (SSSR count). The van der Waals surface area contributed by atoms with Crippen LogP contribution in [0.5, 0.6) is 0 Å². The molecule has 0 radical (unpaired) electrons. The van der Waals surface area contributed by atoms with Gasteiger partial charge in [-0.1, -0.05) is 19.9 Å². The molecule has 6 nitrogen and oxygen atoms in total. The monoisotopic (exact) mass is 323 g/mol. The van der Waals surface area contributed by atoms with Gasteiger partial charge in [0.25, 0.3) is 0 Å². The number of aromatic amines is 1. The van der Waals surface area contributed by atoms with Gasteiger partial charge in [0.05, 0.1) is 11.0 Å². The van der Waals surface area contributed by atoms with Crippen molar-refractivity contribution in [3.63, 3.8) is 0 Å². The SMILES string of the molecule is CNC(=O)NCC(C)(C)c1ccc2[nH]c(-c3ccncc3)nc2c1. The highest BCUT2D eigenvalue weighted by Crippen LogP contribution is 2.27. The minimum absolute atomic E-state index is 0.177. The first-order valence-corrected chi connectivity index (χ1v) is 7.86. The number of H-pyrrole nitrogens is 1. The van der Waals surface area contributed by atoms with E-state index in [1.165, 1.54) is 0 Å². The summed E-state index contributed by atoms with van der Waals surface area (Å²) in [4.78, 5) is 23.5. The molecule has 0 atom stereocenters. The third kappa shape index (κ3) is 3.22. The molecule has 0 spiro atoms. The summed E-state index contributed by atoms with van der Waals surface area (Å²) in [6, 6.07) is 9.85. The molecule has 124 valence electrons. The molecule has 0 unspecified atom stereocenters. The van der Waals surface area contributed by atoms with Gasteiger partial charge < -0.3 is 15.6 Å². The molecule has 0 fully saturated rings. The van der Waals surface area contributed by atoms with E-state index in [4.69, 9.17) is 0 Å². The first-order chi connectivity index (χ1) is 11.5. The number of pyridine rings is 1. The van der Waals surface area contributed by atoms with Crippen molar-refractivity contribution in [1.82, 2.24) is 25.6 Å². The number of hydrogen-bond acceptors (Lipinski definition) is 3. The van der Waals surface area contributed by atoms with Crippen molar-refractivity contribution in [3.8, 4) is 11.4 Å². The highest BCUT2D eigenvalue weighted by Gasteiger charge is 2.22. The number of urea groups is 1. The highest BCUT2D eigenvalue weighted by atomic mass is 16.2. The van der Waals surface area contributed by atoms with Gasteiger partial charge in [0.15, 0.2) is 0 Å². The molecule has 3 aromatic rings. The van der Waals surface area contributed by atoms with E-state index in [9.17, 15) is 4.79 Å². The number of carbonyl (C=O) groups excluding carboxylic acids is 1. The van der Waals surface area contributed by atoms with Gasteiger partial charge in [-0.15, -0.1) is 0 Å². The minimum Gasteiger partial charge on any atom is -0.341 e. The summed E-state index contributed by atoms with van der Waals surface area (Å²) in [6.45, 7) is 4.74. The van der Waals surface area contributed by atoms with Crippen LogP contribution in [0, 0.1) is 0 Å². The zero-order valence-corrected chi connectivity index (χ0v) is 14.1. The summed E-state index contributed by atoms with van der Waals surface area (Å²) in [6.07, 6.45) is 3.50. The summed E-state index contributed by atoms with van der Waals surface area (Å²) < 4.78 is 0. The molecule has 2 amide bonds. The van der Waals surface area contributed by atoms with Crippen LogP contribution in [0.25, 0.3) is 22.4 Å². The number of aromatic nitrogens is 3. The number of fused-ring (bicyclic) bond motifs is 1. The molecular weight excluding hydrogens is 302 g/mol. The second kappa shape index (κ2) is 6.31. The summed E-state index contributed by atoms with van der Waals surface area (Å²) >= 11 is 0. The lowest BCUT2D eigenvalue weighted by molar-refractivity contribution is 0.240. The van der Waals surface area contributed by atoms with Crippen LogP contribution in [0.3, 0.4) is 0 Å².